The van der Waals surface area contributed by atoms with E-state index in [2.05, 4.69) is 558 Å². The third kappa shape index (κ3) is 13.9. The lowest BCUT2D eigenvalue weighted by Gasteiger charge is -2.14. The van der Waals surface area contributed by atoms with Gasteiger partial charge in [-0.3, -0.25) is 13.7 Å². The van der Waals surface area contributed by atoms with Crippen LogP contribution in [0.2, 0.25) is 0 Å². The van der Waals surface area contributed by atoms with Gasteiger partial charge in [0.25, 0.3) is 0 Å². The van der Waals surface area contributed by atoms with Gasteiger partial charge in [-0.1, -0.05) is 400 Å². The van der Waals surface area contributed by atoms with Crippen LogP contribution >= 0.6 is 0 Å². The number of pyridine rings is 1. The fraction of sp³-hybridized carbons (Fsp3) is 0. The summed E-state index contributed by atoms with van der Waals surface area (Å²) in [7, 11) is 0. The molecule has 0 unspecified atom stereocenters. The average molecular weight is 1870 g/mol. The van der Waals surface area contributed by atoms with Gasteiger partial charge in [0, 0.05) is 120 Å². The van der Waals surface area contributed by atoms with E-state index >= 15 is 0 Å². The number of hydrogen-bond donors (Lipinski definition) is 0. The zero-order valence-electron chi connectivity index (χ0n) is 79.2. The molecule has 0 aliphatic rings. The standard InChI is InChI=1S/C39H24N6.C36H24N2.C30H20N2.C29H20N2/c1-7-19-31-25(13-1)26-14-2-8-20-32(26)43(31)37-40-38(44-33-21-9-3-15-27(33)28-16-4-10-22-34(28)44)42-39(41-37)45-35-23-11-5-17-29(35)30-18-6-12-24-36(30)45;1-3-11-25(12-4-1)26-19-21-28(22-20-26)38-34-18-10-8-16-30(34)32-24-23-31-29-15-7-9-17-33(29)37(35(31)36(32)38)27-13-5-2-6-14-27;1-3-11-21(12-4-1)31-27-17-9-7-15-23(27)25-19-20-26-24-16-8-10-18-28(24)32(30(26)29(25)31)22-13-5-2-6-14-22;1-3-11-21(12-4-1)26-19-23(20-27(30-26)22-13-5-2-6-14-22)31-28-17-9-7-15-24(28)25-16-8-10-18-29(25)31/h1-24H;1-24H;1-20H;1-20H. The van der Waals surface area contributed by atoms with Gasteiger partial charge in [-0.05, 0) is 145 Å². The Balaban J connectivity index is 0.0000000953. The number of benzene rings is 21. The Kier molecular flexibility index (Phi) is 20.3. The summed E-state index contributed by atoms with van der Waals surface area (Å²) >= 11 is 0. The van der Waals surface area contributed by atoms with Crippen LogP contribution in [0.3, 0.4) is 0 Å². The van der Waals surface area contributed by atoms with Crippen LogP contribution in [0.1, 0.15) is 0 Å². The van der Waals surface area contributed by atoms with E-state index in [1.807, 2.05) is 12.1 Å². The van der Waals surface area contributed by atoms with Crippen LogP contribution < -0.4 is 0 Å². The van der Waals surface area contributed by atoms with Crippen molar-refractivity contribution < 1.29 is 0 Å². The Morgan fingerprint density at radius 1 is 0.110 bits per heavy atom. The second-order valence-electron chi connectivity index (χ2n) is 37.1. The second kappa shape index (κ2) is 35.2. The molecular formula is C134H88N12. The lowest BCUT2D eigenvalue weighted by molar-refractivity contribution is 0.848. The highest BCUT2D eigenvalue weighted by atomic mass is 15.3. The highest BCUT2D eigenvalue weighted by Gasteiger charge is 2.28. The maximum Gasteiger partial charge on any atom is 0.241 e. The van der Waals surface area contributed by atoms with Crippen LogP contribution in [0.4, 0.5) is 0 Å². The number of fused-ring (bicyclic) bond motifs is 26. The van der Waals surface area contributed by atoms with Crippen molar-refractivity contribution in [2.45, 2.75) is 0 Å². The zero-order valence-corrected chi connectivity index (χ0v) is 79.2. The van der Waals surface area contributed by atoms with E-state index < -0.39 is 0 Å². The second-order valence-corrected chi connectivity index (χ2v) is 37.1. The molecule has 146 heavy (non-hydrogen) atoms. The Labute approximate surface area is 838 Å². The maximum atomic E-state index is 5.28. The number of nitrogens with zero attached hydrogens (tertiary/aromatic N) is 12. The predicted molar refractivity (Wildman–Crippen MR) is 608 cm³/mol. The Hall–Kier alpha value is -19.8. The number of aromatic nitrogens is 12. The van der Waals surface area contributed by atoms with Crippen LogP contribution in [0.25, 0.3) is 254 Å². The Bertz CT molecular complexity index is 9790. The fourth-order valence-electron chi connectivity index (χ4n) is 22.7. The average Bonchev–Trinajstić information content (AvgIpc) is 1.55. The Morgan fingerprint density at radius 2 is 0.281 bits per heavy atom. The lowest BCUT2D eigenvalue weighted by Crippen LogP contribution is -2.13. The van der Waals surface area contributed by atoms with Gasteiger partial charge in [-0.2, -0.15) is 15.0 Å². The number of rotatable bonds is 11. The van der Waals surface area contributed by atoms with E-state index in [9.17, 15) is 0 Å². The van der Waals surface area contributed by atoms with E-state index in [-0.39, 0.29) is 0 Å². The van der Waals surface area contributed by atoms with Gasteiger partial charge in [0.1, 0.15) is 0 Å². The molecule has 684 valence electrons. The van der Waals surface area contributed by atoms with Gasteiger partial charge in [0.15, 0.2) is 0 Å². The highest BCUT2D eigenvalue weighted by Crippen LogP contribution is 2.47. The van der Waals surface area contributed by atoms with E-state index in [0.29, 0.717) is 17.8 Å². The van der Waals surface area contributed by atoms with Gasteiger partial charge < -0.3 is 22.8 Å². The van der Waals surface area contributed by atoms with Gasteiger partial charge in [0.2, 0.25) is 17.8 Å². The molecule has 0 atom stereocenters. The van der Waals surface area contributed by atoms with Gasteiger partial charge in [-0.15, -0.1) is 0 Å². The van der Waals surface area contributed by atoms with Crippen LogP contribution in [0.5, 0.6) is 0 Å². The van der Waals surface area contributed by atoms with Crippen molar-refractivity contribution in [1.82, 2.24) is 56.5 Å². The lowest BCUT2D eigenvalue weighted by atomic mass is 10.1. The zero-order chi connectivity index (χ0) is 96.2. The molecule has 0 spiro atoms. The summed E-state index contributed by atoms with van der Waals surface area (Å²) in [5.74, 6) is 1.70. The molecular weight excluding hydrogens is 1780 g/mol. The molecule has 0 amide bonds. The SMILES string of the molecule is c1ccc(-c2cc(-n3c4ccccc4c4ccccc43)cc(-c3ccccc3)n2)cc1.c1ccc(-c2ccc(-n3c4ccccc4c4ccc5c6ccccc6n(-c6ccccc6)c5c43)cc2)cc1.c1ccc(-n2c3ccccc3c3ccc4c5ccccc5n(-c5ccccc5)c4c32)cc1.c1ccc2c(c1)c1ccccc1n2-c1nc(-n2c3ccccc3c3ccccc32)nc(-n2c3ccccc3c3ccccc32)n1. The third-order valence-corrected chi connectivity index (χ3v) is 28.9. The molecule has 0 aliphatic carbocycles. The van der Waals surface area contributed by atoms with Crippen LogP contribution in [-0.4, -0.2) is 56.5 Å². The summed E-state index contributed by atoms with van der Waals surface area (Å²) in [6, 6.07) is 189. The number of para-hydroxylation sites is 15. The minimum atomic E-state index is 0.566. The maximum absolute atomic E-state index is 5.28. The number of hydrogen-bond acceptors (Lipinski definition) is 4. The molecule has 0 saturated carbocycles. The monoisotopic (exact) mass is 1860 g/mol. The quantitative estimate of drug-likeness (QED) is 0.129. The van der Waals surface area contributed by atoms with Crippen molar-refractivity contribution >= 4 is 174 Å². The van der Waals surface area contributed by atoms with Crippen molar-refractivity contribution in [3.8, 4) is 79.9 Å². The normalized spacial score (nSPS) is 11.7. The van der Waals surface area contributed by atoms with E-state index in [1.54, 1.807) is 0 Å². The molecule has 31 rings (SSSR count). The van der Waals surface area contributed by atoms with E-state index in [1.165, 1.54) is 137 Å². The molecule has 0 bridgehead atoms. The van der Waals surface area contributed by atoms with Crippen molar-refractivity contribution in [1.29, 1.82) is 0 Å². The molecule has 0 fully saturated rings. The summed E-state index contributed by atoms with van der Waals surface area (Å²) in [6.45, 7) is 0. The largest absolute Gasteiger partial charge is 0.309 e. The summed E-state index contributed by atoms with van der Waals surface area (Å²) < 4.78 is 18.6. The molecule has 12 heteroatoms. The Morgan fingerprint density at radius 3 is 0.514 bits per heavy atom. The van der Waals surface area contributed by atoms with E-state index in [0.717, 1.165) is 99.3 Å². The van der Waals surface area contributed by atoms with Gasteiger partial charge in [0.05, 0.1) is 105 Å². The first kappa shape index (κ1) is 84.3. The van der Waals surface area contributed by atoms with Crippen molar-refractivity contribution in [2.75, 3.05) is 0 Å². The molecule has 0 aliphatic heterocycles. The fourth-order valence-corrected chi connectivity index (χ4v) is 22.7. The molecule has 21 aromatic carbocycles. The molecule has 12 nitrogen and oxygen atoms in total. The summed E-state index contributed by atoms with van der Waals surface area (Å²) in [5, 5.41) is 19.6. The van der Waals surface area contributed by atoms with Crippen molar-refractivity contribution in [3.63, 3.8) is 0 Å². The first-order chi connectivity index (χ1) is 72.5. The van der Waals surface area contributed by atoms with Crippen LogP contribution in [0.15, 0.2) is 534 Å². The van der Waals surface area contributed by atoms with Crippen LogP contribution in [0, 0.1) is 0 Å². The molecule has 31 aromatic rings. The molecule has 10 aromatic heterocycles. The minimum Gasteiger partial charge on any atom is -0.309 e. The smallest absolute Gasteiger partial charge is 0.241 e. The van der Waals surface area contributed by atoms with Crippen LogP contribution in [-0.2, 0) is 0 Å². The topological polar surface area (TPSA) is 91.0 Å². The third-order valence-electron chi connectivity index (χ3n) is 28.9. The van der Waals surface area contributed by atoms with Gasteiger partial charge in [-0.25, -0.2) is 4.98 Å². The van der Waals surface area contributed by atoms with Crippen molar-refractivity contribution in [2.24, 2.45) is 0 Å². The highest BCUT2D eigenvalue weighted by molar-refractivity contribution is 6.26. The first-order valence-corrected chi connectivity index (χ1v) is 49.6. The molecule has 0 radical (unpaired) electrons. The molecule has 0 N–H and O–H groups in total. The summed E-state index contributed by atoms with van der Waals surface area (Å²) in [5.41, 5.74) is 31.0. The first-order valence-electron chi connectivity index (χ1n) is 49.6. The van der Waals surface area contributed by atoms with Gasteiger partial charge >= 0.3 is 0 Å². The molecule has 10 heterocycles. The predicted octanol–water partition coefficient (Wildman–Crippen LogP) is 34.1. The molecule has 0 saturated heterocycles. The van der Waals surface area contributed by atoms with E-state index in [4.69, 9.17) is 19.9 Å². The summed E-state index contributed by atoms with van der Waals surface area (Å²) in [4.78, 5) is 20.9. The van der Waals surface area contributed by atoms with Crippen molar-refractivity contribution in [3.05, 3.63) is 534 Å². The summed E-state index contributed by atoms with van der Waals surface area (Å²) in [6.07, 6.45) is 0. The minimum absolute atomic E-state index is 0.566.